The molecule has 1 N–H and O–H groups in total. The fraction of sp³-hybridized carbons (Fsp3) is 0.625. The molecular weight excluding hydrogens is 239 g/mol. The van der Waals surface area contributed by atoms with Crippen LogP contribution in [0.1, 0.15) is 50.8 Å². The molecule has 2 rings (SSSR count). The molecule has 1 heterocycles. The van der Waals surface area contributed by atoms with Crippen LogP contribution in [0.3, 0.4) is 0 Å². The molecule has 106 valence electrons. The summed E-state index contributed by atoms with van der Waals surface area (Å²) in [4.78, 5) is 2.43. The lowest BCUT2D eigenvalue weighted by molar-refractivity contribution is 0.512. The first-order valence-corrected chi connectivity index (χ1v) is 7.12. The Kier molecular flexibility index (Phi) is 3.86. The predicted octanol–water partition coefficient (Wildman–Crippen LogP) is 3.79. The lowest BCUT2D eigenvalue weighted by Crippen LogP contribution is -2.39. The van der Waals surface area contributed by atoms with Gasteiger partial charge < -0.3 is 10.2 Å². The third-order valence-electron chi connectivity index (χ3n) is 4.40. The maximum absolute atomic E-state index is 13.9. The Hall–Kier alpha value is -1.09. The van der Waals surface area contributed by atoms with Crippen LogP contribution in [0.15, 0.2) is 12.1 Å². The molecule has 19 heavy (non-hydrogen) atoms. The van der Waals surface area contributed by atoms with E-state index < -0.39 is 0 Å². The Bertz CT molecular complexity index is 468. The Morgan fingerprint density at radius 1 is 1.37 bits per heavy atom. The average Bonchev–Trinajstić information content (AvgIpc) is 2.71. The summed E-state index contributed by atoms with van der Waals surface area (Å²) >= 11 is 0. The first-order valence-electron chi connectivity index (χ1n) is 7.12. The van der Waals surface area contributed by atoms with E-state index in [4.69, 9.17) is 0 Å². The number of benzene rings is 1. The summed E-state index contributed by atoms with van der Waals surface area (Å²) in [5.74, 6) is -0.113. The van der Waals surface area contributed by atoms with Gasteiger partial charge in [-0.15, -0.1) is 0 Å². The number of nitrogens with zero attached hydrogens (tertiary/aromatic N) is 1. The van der Waals surface area contributed by atoms with E-state index in [2.05, 4.69) is 31.0 Å². The Morgan fingerprint density at radius 3 is 2.58 bits per heavy atom. The van der Waals surface area contributed by atoms with Crippen molar-refractivity contribution in [3.05, 3.63) is 29.1 Å². The highest BCUT2D eigenvalue weighted by Gasteiger charge is 2.33. The van der Waals surface area contributed by atoms with Gasteiger partial charge in [0.25, 0.3) is 0 Å². The lowest BCUT2D eigenvalue weighted by atomic mass is 9.97. The molecule has 1 atom stereocenters. The fourth-order valence-electron chi connectivity index (χ4n) is 2.97. The second-order valence-electron chi connectivity index (χ2n) is 6.24. The minimum absolute atomic E-state index is 0.113. The summed E-state index contributed by atoms with van der Waals surface area (Å²) in [6, 6.07) is 3.85. The monoisotopic (exact) mass is 264 g/mol. The van der Waals surface area contributed by atoms with Gasteiger partial charge >= 0.3 is 0 Å². The fourth-order valence-corrected chi connectivity index (χ4v) is 2.97. The van der Waals surface area contributed by atoms with Crippen LogP contribution in [0.5, 0.6) is 0 Å². The maximum Gasteiger partial charge on any atom is 0.126 e. The van der Waals surface area contributed by atoms with Gasteiger partial charge in [-0.25, -0.2) is 4.39 Å². The smallest absolute Gasteiger partial charge is 0.126 e. The summed E-state index contributed by atoms with van der Waals surface area (Å²) in [6.45, 7) is 9.52. The van der Waals surface area contributed by atoms with Crippen molar-refractivity contribution in [1.82, 2.24) is 5.32 Å². The molecule has 1 aromatic carbocycles. The van der Waals surface area contributed by atoms with Crippen LogP contribution in [0.2, 0.25) is 0 Å². The van der Waals surface area contributed by atoms with Gasteiger partial charge in [-0.05, 0) is 70.8 Å². The van der Waals surface area contributed by atoms with Gasteiger partial charge in [-0.1, -0.05) is 0 Å². The summed E-state index contributed by atoms with van der Waals surface area (Å²) in [6.07, 6.45) is 2.40. The van der Waals surface area contributed by atoms with E-state index in [1.165, 1.54) is 18.5 Å². The summed E-state index contributed by atoms with van der Waals surface area (Å²) in [5.41, 5.74) is 3.13. The van der Waals surface area contributed by atoms with E-state index in [0.29, 0.717) is 0 Å². The molecule has 0 amide bonds. The average molecular weight is 264 g/mol. The van der Waals surface area contributed by atoms with Gasteiger partial charge in [0.05, 0.1) is 0 Å². The number of nitrogens with one attached hydrogen (secondary N) is 1. The minimum Gasteiger partial charge on any atom is -0.366 e. The van der Waals surface area contributed by atoms with Gasteiger partial charge in [0.2, 0.25) is 0 Å². The van der Waals surface area contributed by atoms with Crippen molar-refractivity contribution in [2.45, 2.75) is 52.1 Å². The van der Waals surface area contributed by atoms with E-state index in [1.54, 1.807) is 6.07 Å². The molecule has 2 nitrogen and oxygen atoms in total. The van der Waals surface area contributed by atoms with Crippen molar-refractivity contribution in [2.24, 2.45) is 0 Å². The van der Waals surface area contributed by atoms with Gasteiger partial charge in [0, 0.05) is 23.8 Å². The molecule has 0 saturated carbocycles. The Labute approximate surface area is 116 Å². The van der Waals surface area contributed by atoms with Crippen LogP contribution in [-0.2, 0) is 0 Å². The molecule has 3 heteroatoms. The third-order valence-corrected chi connectivity index (χ3v) is 4.40. The third kappa shape index (κ3) is 2.62. The highest BCUT2D eigenvalue weighted by Crippen LogP contribution is 2.38. The zero-order chi connectivity index (χ0) is 14.2. The zero-order valence-corrected chi connectivity index (χ0v) is 12.7. The highest BCUT2D eigenvalue weighted by atomic mass is 19.1. The van der Waals surface area contributed by atoms with E-state index >= 15 is 0 Å². The second kappa shape index (κ2) is 5.12. The van der Waals surface area contributed by atoms with Crippen molar-refractivity contribution in [3.63, 3.8) is 0 Å². The number of rotatable bonds is 3. The quantitative estimate of drug-likeness (QED) is 0.893. The minimum atomic E-state index is -0.113. The first-order chi connectivity index (χ1) is 8.86. The number of anilines is 1. The number of hydrogen-bond acceptors (Lipinski definition) is 2. The van der Waals surface area contributed by atoms with Crippen LogP contribution < -0.4 is 10.2 Å². The predicted molar refractivity (Wildman–Crippen MR) is 79.3 cm³/mol. The topological polar surface area (TPSA) is 15.3 Å². The van der Waals surface area contributed by atoms with Gasteiger partial charge in [0.15, 0.2) is 0 Å². The van der Waals surface area contributed by atoms with Crippen LogP contribution in [0, 0.1) is 12.7 Å². The van der Waals surface area contributed by atoms with Crippen LogP contribution in [0.25, 0.3) is 0 Å². The molecule has 0 aromatic heterocycles. The second-order valence-corrected chi connectivity index (χ2v) is 6.24. The van der Waals surface area contributed by atoms with Crippen molar-refractivity contribution in [3.8, 4) is 0 Å². The van der Waals surface area contributed by atoms with Crippen LogP contribution >= 0.6 is 0 Å². The normalized spacial score (nSPS) is 19.8. The van der Waals surface area contributed by atoms with Gasteiger partial charge in [-0.2, -0.15) is 0 Å². The van der Waals surface area contributed by atoms with Crippen molar-refractivity contribution >= 4 is 5.69 Å². The maximum atomic E-state index is 13.9. The Balaban J connectivity index is 2.52. The molecule has 0 spiro atoms. The summed E-state index contributed by atoms with van der Waals surface area (Å²) in [5, 5.41) is 3.23. The number of hydrogen-bond donors (Lipinski definition) is 1. The first kappa shape index (κ1) is 14.3. The van der Waals surface area contributed by atoms with E-state index in [9.17, 15) is 4.39 Å². The van der Waals surface area contributed by atoms with Crippen LogP contribution in [0.4, 0.5) is 10.1 Å². The van der Waals surface area contributed by atoms with E-state index in [1.807, 2.05) is 20.0 Å². The largest absolute Gasteiger partial charge is 0.366 e. The van der Waals surface area contributed by atoms with Crippen LogP contribution in [-0.4, -0.2) is 19.1 Å². The molecule has 0 aliphatic carbocycles. The molecule has 1 fully saturated rings. The van der Waals surface area contributed by atoms with Gasteiger partial charge in [-0.3, -0.25) is 0 Å². The number of halogens is 1. The van der Waals surface area contributed by atoms with Gasteiger partial charge in [0.1, 0.15) is 5.82 Å². The molecule has 0 radical (unpaired) electrons. The molecule has 1 unspecified atom stereocenters. The van der Waals surface area contributed by atoms with E-state index in [0.717, 1.165) is 17.7 Å². The van der Waals surface area contributed by atoms with Crippen molar-refractivity contribution < 1.29 is 4.39 Å². The molecule has 1 saturated heterocycles. The molecule has 1 aliphatic heterocycles. The lowest BCUT2D eigenvalue weighted by Gasteiger charge is -2.36. The summed E-state index contributed by atoms with van der Waals surface area (Å²) < 4.78 is 13.9. The van der Waals surface area contributed by atoms with Crippen molar-refractivity contribution in [1.29, 1.82) is 0 Å². The Morgan fingerprint density at radius 2 is 2.05 bits per heavy atom. The molecule has 0 bridgehead atoms. The molecule has 1 aliphatic rings. The van der Waals surface area contributed by atoms with Crippen molar-refractivity contribution in [2.75, 3.05) is 18.5 Å². The van der Waals surface area contributed by atoms with E-state index in [-0.39, 0.29) is 17.4 Å². The standard InChI is InChI=1S/C16H25FN2/c1-11-9-15(19-8-6-7-16(19,3)4)13(10-14(11)17)12(2)18-5/h9-10,12,18H,6-8H2,1-5H3. The molecular formula is C16H25FN2. The zero-order valence-electron chi connectivity index (χ0n) is 12.7. The molecule has 1 aromatic rings. The SMILES string of the molecule is CNC(C)c1cc(F)c(C)cc1N1CCCC1(C)C. The summed E-state index contributed by atoms with van der Waals surface area (Å²) in [7, 11) is 1.92. The number of aryl methyl sites for hydroxylation is 1. The highest BCUT2D eigenvalue weighted by molar-refractivity contribution is 5.59.